The molecule has 0 radical (unpaired) electrons. The van der Waals surface area contributed by atoms with Gasteiger partial charge in [0.25, 0.3) is 0 Å². The van der Waals surface area contributed by atoms with Gasteiger partial charge in [0.1, 0.15) is 0 Å². The zero-order valence-electron chi connectivity index (χ0n) is 11.8. The highest BCUT2D eigenvalue weighted by Gasteiger charge is 2.23. The van der Waals surface area contributed by atoms with E-state index in [4.69, 9.17) is 0 Å². The highest BCUT2D eigenvalue weighted by Crippen LogP contribution is 2.30. The number of anilines is 1. The van der Waals surface area contributed by atoms with Crippen molar-refractivity contribution in [1.82, 2.24) is 5.32 Å². The van der Waals surface area contributed by atoms with Gasteiger partial charge in [0.15, 0.2) is 0 Å². The third kappa shape index (κ3) is 3.09. The van der Waals surface area contributed by atoms with E-state index in [0.29, 0.717) is 12.1 Å². The number of rotatable bonds is 3. The normalized spacial score (nSPS) is 27.1. The second kappa shape index (κ2) is 6.19. The summed E-state index contributed by atoms with van der Waals surface area (Å²) in [6.07, 6.45) is 3.81. The fourth-order valence-corrected chi connectivity index (χ4v) is 4.20. The van der Waals surface area contributed by atoms with E-state index in [1.807, 2.05) is 0 Å². The van der Waals surface area contributed by atoms with Gasteiger partial charge in [-0.15, -0.1) is 0 Å². The van der Waals surface area contributed by atoms with Crippen molar-refractivity contribution in [1.29, 1.82) is 0 Å². The minimum Gasteiger partial charge on any atom is -0.369 e. The molecule has 1 aromatic carbocycles. The summed E-state index contributed by atoms with van der Waals surface area (Å²) in [7, 11) is 0. The average Bonchev–Trinajstić information content (AvgIpc) is 2.47. The summed E-state index contributed by atoms with van der Waals surface area (Å²) >= 11 is 2.10. The number of thioether (sulfide) groups is 1. The molecule has 1 fully saturated rings. The van der Waals surface area contributed by atoms with Gasteiger partial charge in [-0.2, -0.15) is 11.8 Å². The Labute approximate surface area is 121 Å². The molecule has 1 N–H and O–H groups in total. The smallest absolute Gasteiger partial charge is 0.0401 e. The maximum absolute atomic E-state index is 3.65. The van der Waals surface area contributed by atoms with Crippen LogP contribution in [0.5, 0.6) is 0 Å². The summed E-state index contributed by atoms with van der Waals surface area (Å²) in [6, 6.07) is 10.3. The lowest BCUT2D eigenvalue weighted by atomic mass is 9.96. The largest absolute Gasteiger partial charge is 0.369 e. The van der Waals surface area contributed by atoms with Gasteiger partial charge >= 0.3 is 0 Å². The predicted octanol–water partition coefficient (Wildman–Crippen LogP) is 2.92. The Kier molecular flexibility index (Phi) is 4.34. The molecule has 3 rings (SSSR count). The van der Waals surface area contributed by atoms with Crippen LogP contribution in [0.4, 0.5) is 5.69 Å². The second-order valence-corrected chi connectivity index (χ2v) is 6.87. The number of nitrogens with zero attached hydrogens (tertiary/aromatic N) is 1. The van der Waals surface area contributed by atoms with Gasteiger partial charge in [-0.1, -0.05) is 18.2 Å². The first kappa shape index (κ1) is 13.3. The van der Waals surface area contributed by atoms with Crippen LogP contribution < -0.4 is 10.2 Å². The fraction of sp³-hybridized carbons (Fsp3) is 0.625. The highest BCUT2D eigenvalue weighted by atomic mass is 32.2. The molecule has 1 aromatic rings. The van der Waals surface area contributed by atoms with E-state index < -0.39 is 0 Å². The number of hydrogen-bond donors (Lipinski definition) is 1. The summed E-state index contributed by atoms with van der Waals surface area (Å²) in [4.78, 5) is 2.62. The van der Waals surface area contributed by atoms with Crippen LogP contribution >= 0.6 is 11.8 Å². The molecule has 1 saturated heterocycles. The van der Waals surface area contributed by atoms with Crippen molar-refractivity contribution in [2.75, 3.05) is 29.5 Å². The van der Waals surface area contributed by atoms with E-state index in [1.165, 1.54) is 55.1 Å². The van der Waals surface area contributed by atoms with Crippen molar-refractivity contribution >= 4 is 17.4 Å². The van der Waals surface area contributed by atoms with Crippen molar-refractivity contribution in [3.8, 4) is 0 Å². The zero-order valence-corrected chi connectivity index (χ0v) is 12.6. The lowest BCUT2D eigenvalue weighted by molar-refractivity contribution is 0.490. The Morgan fingerprint density at radius 1 is 1.37 bits per heavy atom. The Hall–Kier alpha value is -0.670. The Balaban J connectivity index is 1.65. The molecule has 2 unspecified atom stereocenters. The molecular weight excluding hydrogens is 252 g/mol. The summed E-state index contributed by atoms with van der Waals surface area (Å²) in [5.74, 6) is 2.56. The van der Waals surface area contributed by atoms with Gasteiger partial charge in [-0.05, 0) is 37.8 Å². The van der Waals surface area contributed by atoms with Crippen LogP contribution in [0.3, 0.4) is 0 Å². The summed E-state index contributed by atoms with van der Waals surface area (Å²) in [6.45, 7) is 4.75. The minimum atomic E-state index is 0.686. The van der Waals surface area contributed by atoms with Crippen LogP contribution in [-0.2, 0) is 6.42 Å². The molecule has 2 nitrogen and oxygen atoms in total. The molecule has 104 valence electrons. The van der Waals surface area contributed by atoms with Gasteiger partial charge in [-0.25, -0.2) is 0 Å². The molecule has 0 aliphatic carbocycles. The quantitative estimate of drug-likeness (QED) is 0.914. The Morgan fingerprint density at radius 3 is 3.11 bits per heavy atom. The van der Waals surface area contributed by atoms with E-state index >= 15 is 0 Å². The van der Waals surface area contributed by atoms with Crippen LogP contribution in [0.2, 0.25) is 0 Å². The van der Waals surface area contributed by atoms with Crippen LogP contribution in [0.25, 0.3) is 0 Å². The molecule has 3 heteroatoms. The van der Waals surface area contributed by atoms with E-state index in [2.05, 4.69) is 53.2 Å². The first-order valence-electron chi connectivity index (χ1n) is 7.50. The number of benzene rings is 1. The number of nitrogens with one attached hydrogen (secondary N) is 1. The van der Waals surface area contributed by atoms with Gasteiger partial charge in [0, 0.05) is 42.4 Å². The monoisotopic (exact) mass is 276 g/mol. The van der Waals surface area contributed by atoms with Crippen LogP contribution in [0.1, 0.15) is 25.3 Å². The molecule has 2 aliphatic rings. The van der Waals surface area contributed by atoms with Crippen molar-refractivity contribution in [3.05, 3.63) is 29.8 Å². The molecule has 0 amide bonds. The van der Waals surface area contributed by atoms with Gasteiger partial charge in [0.2, 0.25) is 0 Å². The second-order valence-electron chi connectivity index (χ2n) is 5.72. The third-order valence-electron chi connectivity index (χ3n) is 4.38. The Morgan fingerprint density at radius 2 is 2.26 bits per heavy atom. The topological polar surface area (TPSA) is 15.3 Å². The fourth-order valence-electron chi connectivity index (χ4n) is 3.20. The summed E-state index contributed by atoms with van der Waals surface area (Å²) in [5, 5.41) is 3.65. The predicted molar refractivity (Wildman–Crippen MR) is 85.3 cm³/mol. The lowest BCUT2D eigenvalue weighted by Crippen LogP contribution is -2.43. The molecular formula is C16H24N2S. The molecule has 0 aromatic heterocycles. The Bertz CT molecular complexity index is 415. The van der Waals surface area contributed by atoms with Crippen molar-refractivity contribution < 1.29 is 0 Å². The number of hydrogen-bond acceptors (Lipinski definition) is 3. The maximum atomic E-state index is 3.65. The van der Waals surface area contributed by atoms with Crippen molar-refractivity contribution in [3.63, 3.8) is 0 Å². The molecule has 0 spiro atoms. The molecule has 2 heterocycles. The van der Waals surface area contributed by atoms with E-state index in [0.717, 1.165) is 0 Å². The third-order valence-corrected chi connectivity index (χ3v) is 5.51. The van der Waals surface area contributed by atoms with Crippen LogP contribution in [0, 0.1) is 0 Å². The molecule has 2 aliphatic heterocycles. The van der Waals surface area contributed by atoms with E-state index in [-0.39, 0.29) is 0 Å². The molecule has 0 bridgehead atoms. The molecule has 19 heavy (non-hydrogen) atoms. The van der Waals surface area contributed by atoms with Crippen LogP contribution in [-0.4, -0.2) is 36.7 Å². The number of fused-ring (bicyclic) bond motifs is 1. The molecule has 0 saturated carbocycles. The van der Waals surface area contributed by atoms with Crippen LogP contribution in [0.15, 0.2) is 24.3 Å². The number of aryl methyl sites for hydroxylation is 1. The van der Waals surface area contributed by atoms with Gasteiger partial charge < -0.3 is 10.2 Å². The van der Waals surface area contributed by atoms with E-state index in [1.54, 1.807) is 0 Å². The summed E-state index contributed by atoms with van der Waals surface area (Å²) in [5.41, 5.74) is 3.01. The maximum Gasteiger partial charge on any atom is 0.0401 e. The first-order valence-corrected chi connectivity index (χ1v) is 8.66. The highest BCUT2D eigenvalue weighted by molar-refractivity contribution is 7.99. The molecule has 2 atom stereocenters. The van der Waals surface area contributed by atoms with E-state index in [9.17, 15) is 0 Å². The van der Waals surface area contributed by atoms with Gasteiger partial charge in [-0.3, -0.25) is 0 Å². The standard InChI is InChI=1S/C16H24N2S/c1-13-6-7-14-4-2-3-5-16(14)18(13)10-8-15-12-19-11-9-17-15/h2-5,13,15,17H,6-12H2,1H3. The SMILES string of the molecule is CC1CCc2ccccc2N1CCC1CSCCN1. The summed E-state index contributed by atoms with van der Waals surface area (Å²) < 4.78 is 0. The average molecular weight is 276 g/mol. The van der Waals surface area contributed by atoms with Gasteiger partial charge in [0.05, 0.1) is 0 Å². The zero-order chi connectivity index (χ0) is 13.1. The first-order chi connectivity index (χ1) is 9.34. The number of para-hydroxylation sites is 1. The lowest BCUT2D eigenvalue weighted by Gasteiger charge is -2.38. The minimum absolute atomic E-state index is 0.686. The van der Waals surface area contributed by atoms with Crippen molar-refractivity contribution in [2.45, 2.75) is 38.3 Å². The van der Waals surface area contributed by atoms with Crippen molar-refractivity contribution in [2.24, 2.45) is 0 Å².